The normalized spacial score (nSPS) is 23.7. The molecule has 0 aromatic heterocycles. The summed E-state index contributed by atoms with van der Waals surface area (Å²) < 4.78 is 0. The molecule has 0 aliphatic carbocycles. The first-order valence-electron chi connectivity index (χ1n) is 3.28. The van der Waals surface area contributed by atoms with E-state index in [0.29, 0.717) is 0 Å². The molecule has 1 N–H and O–H groups in total. The summed E-state index contributed by atoms with van der Waals surface area (Å²) in [5.41, 5.74) is 2.77. The van der Waals surface area contributed by atoms with E-state index in [1.807, 2.05) is 11.8 Å². The van der Waals surface area contributed by atoms with Crippen molar-refractivity contribution in [3.63, 3.8) is 0 Å². The van der Waals surface area contributed by atoms with Gasteiger partial charge in [-0.15, -0.1) is 11.8 Å². The first kappa shape index (κ1) is 6.16. The van der Waals surface area contributed by atoms with Gasteiger partial charge in [-0.05, 0) is 0 Å². The number of rotatable bonds is 0. The molecule has 10 heavy (non-hydrogen) atoms. The van der Waals surface area contributed by atoms with Crippen LogP contribution in [0.2, 0.25) is 0 Å². The van der Waals surface area contributed by atoms with E-state index in [1.54, 1.807) is 0 Å². The van der Waals surface area contributed by atoms with Crippen molar-refractivity contribution in [2.45, 2.75) is 0 Å². The van der Waals surface area contributed by atoms with Gasteiger partial charge < -0.3 is 10.2 Å². The number of nitrogens with one attached hydrogen (secondary N) is 1. The van der Waals surface area contributed by atoms with Crippen LogP contribution in [0.1, 0.15) is 0 Å². The molecule has 0 aromatic rings. The van der Waals surface area contributed by atoms with Crippen LogP contribution in [0.4, 0.5) is 0 Å². The Hall–Kier alpha value is -0.570. The second-order valence-electron chi connectivity index (χ2n) is 2.55. The predicted octanol–water partition coefficient (Wildman–Crippen LogP) is 0.951. The minimum absolute atomic E-state index is 1.02. The standard InChI is InChI=1S/C7H10N2S/c1-5-8-6-3-10-4-7(6)9(5)2/h8H,1,3-4H2,2H3. The minimum Gasteiger partial charge on any atom is -0.343 e. The average Bonchev–Trinajstić information content (AvgIpc) is 2.41. The maximum Gasteiger partial charge on any atom is 0.102 e. The zero-order valence-corrected chi connectivity index (χ0v) is 6.79. The van der Waals surface area contributed by atoms with E-state index < -0.39 is 0 Å². The molecule has 0 saturated heterocycles. The van der Waals surface area contributed by atoms with Gasteiger partial charge in [0.2, 0.25) is 0 Å². The lowest BCUT2D eigenvalue weighted by Gasteiger charge is -2.14. The lowest BCUT2D eigenvalue weighted by molar-refractivity contribution is 0.534. The molecule has 0 amide bonds. The molecule has 0 atom stereocenters. The average molecular weight is 154 g/mol. The Morgan fingerprint density at radius 3 is 3.10 bits per heavy atom. The highest BCUT2D eigenvalue weighted by Gasteiger charge is 2.25. The second-order valence-corrected chi connectivity index (χ2v) is 3.53. The summed E-state index contributed by atoms with van der Waals surface area (Å²) >= 11 is 1.95. The molecule has 2 heterocycles. The van der Waals surface area contributed by atoms with Crippen LogP contribution in [-0.4, -0.2) is 23.5 Å². The van der Waals surface area contributed by atoms with Gasteiger partial charge in [0, 0.05) is 29.9 Å². The minimum atomic E-state index is 1.02. The molecule has 2 rings (SSSR count). The Morgan fingerprint density at radius 1 is 1.60 bits per heavy atom. The fourth-order valence-corrected chi connectivity index (χ4v) is 2.35. The molecule has 2 nitrogen and oxygen atoms in total. The fourth-order valence-electron chi connectivity index (χ4n) is 1.25. The summed E-state index contributed by atoms with van der Waals surface area (Å²) in [6.07, 6.45) is 0. The molecule has 0 bridgehead atoms. The Morgan fingerprint density at radius 2 is 2.40 bits per heavy atom. The van der Waals surface area contributed by atoms with Crippen molar-refractivity contribution in [3.05, 3.63) is 23.8 Å². The smallest absolute Gasteiger partial charge is 0.102 e. The van der Waals surface area contributed by atoms with E-state index in [2.05, 4.69) is 23.8 Å². The van der Waals surface area contributed by atoms with Gasteiger partial charge in [0.1, 0.15) is 5.82 Å². The molecule has 0 saturated carbocycles. The van der Waals surface area contributed by atoms with Crippen molar-refractivity contribution < 1.29 is 0 Å². The van der Waals surface area contributed by atoms with Crippen molar-refractivity contribution in [1.29, 1.82) is 0 Å². The highest BCUT2D eigenvalue weighted by atomic mass is 32.2. The fraction of sp³-hybridized carbons (Fsp3) is 0.429. The highest BCUT2D eigenvalue weighted by molar-refractivity contribution is 7.99. The summed E-state index contributed by atoms with van der Waals surface area (Å²) in [6.45, 7) is 3.88. The van der Waals surface area contributed by atoms with Gasteiger partial charge in [-0.25, -0.2) is 0 Å². The van der Waals surface area contributed by atoms with Gasteiger partial charge >= 0.3 is 0 Å². The molecule has 0 spiro atoms. The van der Waals surface area contributed by atoms with E-state index >= 15 is 0 Å². The Labute approximate surface area is 65.0 Å². The molecule has 0 radical (unpaired) electrons. The van der Waals surface area contributed by atoms with E-state index in [-0.39, 0.29) is 0 Å². The Kier molecular flexibility index (Phi) is 1.20. The molecule has 2 aliphatic rings. The molecule has 0 aromatic carbocycles. The van der Waals surface area contributed by atoms with Crippen LogP contribution < -0.4 is 5.32 Å². The van der Waals surface area contributed by atoms with Crippen molar-refractivity contribution in [2.24, 2.45) is 0 Å². The third-order valence-corrected chi connectivity index (χ3v) is 2.91. The monoisotopic (exact) mass is 154 g/mol. The molecular weight excluding hydrogens is 144 g/mol. The molecule has 3 heteroatoms. The number of thioether (sulfide) groups is 1. The van der Waals surface area contributed by atoms with Crippen LogP contribution in [0, 0.1) is 0 Å². The van der Waals surface area contributed by atoms with Crippen LogP contribution in [0.5, 0.6) is 0 Å². The summed E-state index contributed by atoms with van der Waals surface area (Å²) in [4.78, 5) is 2.13. The molecular formula is C7H10N2S. The Balaban J connectivity index is 2.30. The van der Waals surface area contributed by atoms with Gasteiger partial charge in [0.05, 0.1) is 0 Å². The summed E-state index contributed by atoms with van der Waals surface area (Å²) in [5, 5.41) is 3.26. The number of hydrogen-bond acceptors (Lipinski definition) is 3. The lowest BCUT2D eigenvalue weighted by atomic mass is 10.4. The zero-order chi connectivity index (χ0) is 7.14. The van der Waals surface area contributed by atoms with Crippen LogP contribution in [0.15, 0.2) is 23.8 Å². The third kappa shape index (κ3) is 0.669. The molecule has 2 aliphatic heterocycles. The second kappa shape index (κ2) is 1.95. The quantitative estimate of drug-likeness (QED) is 0.559. The van der Waals surface area contributed by atoms with E-state index in [9.17, 15) is 0 Å². The maximum atomic E-state index is 3.88. The number of nitrogens with zero attached hydrogens (tertiary/aromatic N) is 1. The first-order valence-corrected chi connectivity index (χ1v) is 4.44. The molecule has 0 unspecified atom stereocenters. The van der Waals surface area contributed by atoms with Crippen molar-refractivity contribution >= 4 is 11.8 Å². The molecule has 0 fully saturated rings. The van der Waals surface area contributed by atoms with E-state index in [1.165, 1.54) is 11.4 Å². The van der Waals surface area contributed by atoms with Crippen LogP contribution in [-0.2, 0) is 0 Å². The van der Waals surface area contributed by atoms with Gasteiger partial charge in [0.25, 0.3) is 0 Å². The van der Waals surface area contributed by atoms with Crippen molar-refractivity contribution in [1.82, 2.24) is 10.2 Å². The van der Waals surface area contributed by atoms with E-state index in [4.69, 9.17) is 0 Å². The summed E-state index contributed by atoms with van der Waals surface area (Å²) in [7, 11) is 2.06. The topological polar surface area (TPSA) is 15.3 Å². The van der Waals surface area contributed by atoms with E-state index in [0.717, 1.165) is 17.3 Å². The highest BCUT2D eigenvalue weighted by Crippen LogP contribution is 2.31. The lowest BCUT2D eigenvalue weighted by Crippen LogP contribution is -2.17. The third-order valence-electron chi connectivity index (χ3n) is 1.94. The molecule has 54 valence electrons. The largest absolute Gasteiger partial charge is 0.343 e. The van der Waals surface area contributed by atoms with Gasteiger partial charge in [-0.3, -0.25) is 0 Å². The number of hydrogen-bond donors (Lipinski definition) is 1. The van der Waals surface area contributed by atoms with Crippen molar-refractivity contribution in [3.8, 4) is 0 Å². The van der Waals surface area contributed by atoms with Crippen LogP contribution in [0.25, 0.3) is 0 Å². The predicted molar refractivity (Wildman–Crippen MR) is 44.4 cm³/mol. The van der Waals surface area contributed by atoms with Crippen LogP contribution >= 0.6 is 11.8 Å². The maximum absolute atomic E-state index is 3.88. The van der Waals surface area contributed by atoms with Crippen molar-refractivity contribution in [2.75, 3.05) is 18.6 Å². The van der Waals surface area contributed by atoms with Gasteiger partial charge in [-0.1, -0.05) is 6.58 Å². The summed E-state index contributed by atoms with van der Waals surface area (Å²) in [5.74, 6) is 3.28. The first-order chi connectivity index (χ1) is 4.79. The van der Waals surface area contributed by atoms with Gasteiger partial charge in [-0.2, -0.15) is 0 Å². The van der Waals surface area contributed by atoms with Gasteiger partial charge in [0.15, 0.2) is 0 Å². The Bertz CT molecular complexity index is 220. The SMILES string of the molecule is C=C1NC2=C(CSC2)N1C. The zero-order valence-electron chi connectivity index (χ0n) is 5.98. The van der Waals surface area contributed by atoms with Crippen LogP contribution in [0.3, 0.4) is 0 Å². The summed E-state index contributed by atoms with van der Waals surface area (Å²) in [6, 6.07) is 0.